The minimum Gasteiger partial charge on any atom is -0.319 e. The van der Waals surface area contributed by atoms with E-state index in [0.29, 0.717) is 5.41 Å². The summed E-state index contributed by atoms with van der Waals surface area (Å²) in [5, 5.41) is 4.92. The maximum absolute atomic E-state index is 6.50. The lowest BCUT2D eigenvalue weighted by molar-refractivity contribution is 0.00395. The predicted octanol–water partition coefficient (Wildman–Crippen LogP) is 5.83. The average molecular weight is 328 g/mol. The molecule has 21 heavy (non-hydrogen) atoms. The molecular formula is C18H27Cl2N. The number of nitrogens with one attached hydrogen (secondary N) is 1. The highest BCUT2D eigenvalue weighted by Gasteiger charge is 2.54. The topological polar surface area (TPSA) is 12.0 Å². The third-order valence-electron chi connectivity index (χ3n) is 5.01. The molecule has 1 nitrogen and oxygen atoms in total. The third-order valence-corrected chi connectivity index (χ3v) is 5.55. The van der Waals surface area contributed by atoms with Gasteiger partial charge >= 0.3 is 0 Å². The summed E-state index contributed by atoms with van der Waals surface area (Å²) in [4.78, 5) is 0. The van der Waals surface area contributed by atoms with Gasteiger partial charge in [-0.05, 0) is 55.8 Å². The molecule has 1 aliphatic carbocycles. The van der Waals surface area contributed by atoms with Gasteiger partial charge in [0, 0.05) is 22.0 Å². The van der Waals surface area contributed by atoms with Crippen LogP contribution in [0.25, 0.3) is 0 Å². The highest BCUT2D eigenvalue weighted by molar-refractivity contribution is 6.35. The molecule has 1 saturated carbocycles. The van der Waals surface area contributed by atoms with Crippen molar-refractivity contribution in [3.05, 3.63) is 33.8 Å². The molecule has 0 heterocycles. The minimum atomic E-state index is 0.181. The second kappa shape index (κ2) is 6.89. The van der Waals surface area contributed by atoms with Gasteiger partial charge in [0.15, 0.2) is 0 Å². The van der Waals surface area contributed by atoms with E-state index in [1.807, 2.05) is 19.2 Å². The molecule has 0 aromatic heterocycles. The molecule has 1 aromatic carbocycles. The van der Waals surface area contributed by atoms with Crippen LogP contribution >= 0.6 is 23.2 Å². The summed E-state index contributed by atoms with van der Waals surface area (Å²) in [6.07, 6.45) is 7.68. The lowest BCUT2D eigenvalue weighted by atomic mass is 9.48. The maximum atomic E-state index is 6.50. The summed E-state index contributed by atoms with van der Waals surface area (Å²) in [6, 6.07) is 5.99. The summed E-state index contributed by atoms with van der Waals surface area (Å²) in [7, 11) is 2.03. The Bertz CT molecular complexity index is 470. The van der Waals surface area contributed by atoms with Gasteiger partial charge in [-0.1, -0.05) is 56.0 Å². The van der Waals surface area contributed by atoms with Crippen molar-refractivity contribution in [2.45, 2.75) is 57.8 Å². The molecule has 1 aliphatic rings. The highest BCUT2D eigenvalue weighted by Crippen LogP contribution is 2.61. The maximum Gasteiger partial charge on any atom is 0.0458 e. The standard InChI is InChI=1S/C18H27Cl2N/c1-4-8-17(9-5-2)11-18(12-17,13-21-3)15-7-6-14(19)10-16(15)20/h6-7,10,21H,4-5,8-9,11-13H2,1-3H3. The van der Waals surface area contributed by atoms with Crippen molar-refractivity contribution in [2.75, 3.05) is 13.6 Å². The van der Waals surface area contributed by atoms with Crippen LogP contribution in [0.5, 0.6) is 0 Å². The largest absolute Gasteiger partial charge is 0.319 e. The van der Waals surface area contributed by atoms with Crippen LogP contribution in [0.4, 0.5) is 0 Å². The molecule has 0 saturated heterocycles. The third kappa shape index (κ3) is 3.41. The van der Waals surface area contributed by atoms with Gasteiger partial charge in [0.2, 0.25) is 0 Å². The van der Waals surface area contributed by atoms with Gasteiger partial charge in [0.1, 0.15) is 0 Å². The predicted molar refractivity (Wildman–Crippen MR) is 93.5 cm³/mol. The van der Waals surface area contributed by atoms with Crippen molar-refractivity contribution in [1.29, 1.82) is 0 Å². The highest BCUT2D eigenvalue weighted by atomic mass is 35.5. The number of halogens is 2. The van der Waals surface area contributed by atoms with Gasteiger partial charge in [-0.25, -0.2) is 0 Å². The zero-order valence-electron chi connectivity index (χ0n) is 13.4. The van der Waals surface area contributed by atoms with E-state index in [-0.39, 0.29) is 5.41 Å². The van der Waals surface area contributed by atoms with Crippen LogP contribution < -0.4 is 5.32 Å². The molecule has 1 aromatic rings. The molecule has 0 atom stereocenters. The molecule has 0 spiro atoms. The molecule has 1 N–H and O–H groups in total. The van der Waals surface area contributed by atoms with Crippen LogP contribution in [0, 0.1) is 5.41 Å². The zero-order chi connectivity index (χ0) is 15.5. The summed E-state index contributed by atoms with van der Waals surface area (Å²) < 4.78 is 0. The fourth-order valence-corrected chi connectivity index (χ4v) is 5.20. The molecule has 1 fully saturated rings. The quantitative estimate of drug-likeness (QED) is 0.664. The normalized spacial score (nSPS) is 19.3. The van der Waals surface area contributed by atoms with Gasteiger partial charge in [0.05, 0.1) is 0 Å². The number of rotatable bonds is 7. The Balaban J connectivity index is 2.28. The Morgan fingerprint density at radius 3 is 2.19 bits per heavy atom. The molecular weight excluding hydrogens is 301 g/mol. The van der Waals surface area contributed by atoms with Crippen LogP contribution in [-0.4, -0.2) is 13.6 Å². The first kappa shape index (κ1) is 17.1. The second-order valence-corrected chi connectivity index (χ2v) is 7.63. The molecule has 0 radical (unpaired) electrons. The fraction of sp³-hybridized carbons (Fsp3) is 0.667. The number of hydrogen-bond acceptors (Lipinski definition) is 1. The Morgan fingerprint density at radius 2 is 1.71 bits per heavy atom. The number of benzene rings is 1. The molecule has 3 heteroatoms. The fourth-order valence-electron chi connectivity index (χ4n) is 4.59. The van der Waals surface area contributed by atoms with Crippen molar-refractivity contribution in [3.8, 4) is 0 Å². The van der Waals surface area contributed by atoms with Gasteiger partial charge in [-0.3, -0.25) is 0 Å². The van der Waals surface area contributed by atoms with Gasteiger partial charge in [-0.15, -0.1) is 0 Å². The summed E-state index contributed by atoms with van der Waals surface area (Å²) in [5.41, 5.74) is 1.97. The summed E-state index contributed by atoms with van der Waals surface area (Å²) in [5.74, 6) is 0. The van der Waals surface area contributed by atoms with Crippen LogP contribution in [0.3, 0.4) is 0 Å². The molecule has 0 aliphatic heterocycles. The molecule has 2 rings (SSSR count). The minimum absolute atomic E-state index is 0.181. The Labute approximate surface area is 139 Å². The second-order valence-electron chi connectivity index (χ2n) is 6.79. The van der Waals surface area contributed by atoms with Crippen molar-refractivity contribution < 1.29 is 0 Å². The van der Waals surface area contributed by atoms with E-state index in [2.05, 4.69) is 25.2 Å². The number of hydrogen-bond donors (Lipinski definition) is 1. The van der Waals surface area contributed by atoms with Gasteiger partial charge in [-0.2, -0.15) is 0 Å². The van der Waals surface area contributed by atoms with Crippen LogP contribution in [0.2, 0.25) is 10.0 Å². The lowest BCUT2D eigenvalue weighted by Gasteiger charge is -2.58. The SMILES string of the molecule is CCCC1(CCC)CC(CNC)(c2ccc(Cl)cc2Cl)C1. The van der Waals surface area contributed by atoms with Crippen molar-refractivity contribution in [1.82, 2.24) is 5.32 Å². The van der Waals surface area contributed by atoms with Crippen molar-refractivity contribution in [2.24, 2.45) is 5.41 Å². The van der Waals surface area contributed by atoms with Crippen molar-refractivity contribution >= 4 is 23.2 Å². The number of likely N-dealkylation sites (N-methyl/N-ethyl adjacent to an activating group) is 1. The van der Waals surface area contributed by atoms with Gasteiger partial charge < -0.3 is 5.32 Å². The van der Waals surface area contributed by atoms with Crippen LogP contribution in [0.1, 0.15) is 57.9 Å². The first-order chi connectivity index (χ1) is 10.0. The zero-order valence-corrected chi connectivity index (χ0v) is 14.9. The first-order valence-electron chi connectivity index (χ1n) is 8.11. The average Bonchev–Trinajstić information content (AvgIpc) is 2.37. The van der Waals surface area contributed by atoms with Crippen LogP contribution in [-0.2, 0) is 5.41 Å². The van der Waals surface area contributed by atoms with E-state index in [4.69, 9.17) is 23.2 Å². The molecule has 118 valence electrons. The molecule has 0 unspecified atom stereocenters. The van der Waals surface area contributed by atoms with E-state index < -0.39 is 0 Å². The Hall–Kier alpha value is -0.240. The molecule has 0 bridgehead atoms. The summed E-state index contributed by atoms with van der Waals surface area (Å²) in [6.45, 7) is 5.58. The van der Waals surface area contributed by atoms with E-state index in [9.17, 15) is 0 Å². The first-order valence-corrected chi connectivity index (χ1v) is 8.86. The molecule has 0 amide bonds. The van der Waals surface area contributed by atoms with Crippen LogP contribution in [0.15, 0.2) is 18.2 Å². The van der Waals surface area contributed by atoms with E-state index in [1.165, 1.54) is 44.1 Å². The van der Waals surface area contributed by atoms with E-state index in [1.54, 1.807) is 0 Å². The lowest BCUT2D eigenvalue weighted by Crippen LogP contribution is -2.54. The van der Waals surface area contributed by atoms with E-state index >= 15 is 0 Å². The van der Waals surface area contributed by atoms with E-state index in [0.717, 1.165) is 16.6 Å². The van der Waals surface area contributed by atoms with Crippen molar-refractivity contribution in [3.63, 3.8) is 0 Å². The Morgan fingerprint density at radius 1 is 1.10 bits per heavy atom. The monoisotopic (exact) mass is 327 g/mol. The summed E-state index contributed by atoms with van der Waals surface area (Å²) >= 11 is 12.6. The Kier molecular flexibility index (Phi) is 5.62. The van der Waals surface area contributed by atoms with Gasteiger partial charge in [0.25, 0.3) is 0 Å². The smallest absolute Gasteiger partial charge is 0.0458 e.